The van der Waals surface area contributed by atoms with E-state index in [4.69, 9.17) is 15.0 Å². The molecule has 56 heavy (non-hydrogen) atoms. The maximum Gasteiger partial charge on any atom is 0.164 e. The lowest BCUT2D eigenvalue weighted by molar-refractivity contribution is 0.745. The fourth-order valence-corrected chi connectivity index (χ4v) is 8.68. The van der Waals surface area contributed by atoms with E-state index >= 15 is 0 Å². The first-order valence-electron chi connectivity index (χ1n) is 19.1. The largest absolute Gasteiger partial charge is 0.208 e. The third kappa shape index (κ3) is 5.73. The molecule has 0 fully saturated rings. The molecular formula is C53H37N3. The van der Waals surface area contributed by atoms with Crippen molar-refractivity contribution in [1.82, 2.24) is 15.0 Å². The Morgan fingerprint density at radius 1 is 0.304 bits per heavy atom. The van der Waals surface area contributed by atoms with Crippen LogP contribution in [0.5, 0.6) is 0 Å². The molecule has 0 saturated carbocycles. The molecule has 0 saturated heterocycles. The second-order valence-corrected chi connectivity index (χ2v) is 14.3. The van der Waals surface area contributed by atoms with Crippen molar-refractivity contribution in [2.24, 2.45) is 0 Å². The summed E-state index contributed by atoms with van der Waals surface area (Å²) in [7, 11) is 0. The molecule has 0 aliphatic heterocycles. The van der Waals surface area contributed by atoms with E-state index in [-0.39, 0.29) is 5.92 Å². The summed E-state index contributed by atoms with van der Waals surface area (Å²) in [6.45, 7) is 0. The van der Waals surface area contributed by atoms with Gasteiger partial charge in [0.05, 0.1) is 5.41 Å². The molecule has 0 bridgehead atoms. The van der Waals surface area contributed by atoms with Crippen LogP contribution in [-0.2, 0) is 5.41 Å². The molecule has 1 aliphatic rings. The van der Waals surface area contributed by atoms with Crippen molar-refractivity contribution in [2.45, 2.75) is 11.3 Å². The minimum atomic E-state index is -0.597. The first kappa shape index (κ1) is 33.3. The molecule has 1 heterocycles. The molecular weight excluding hydrogens is 679 g/mol. The molecule has 10 rings (SSSR count). The Bertz CT molecular complexity index is 2660. The van der Waals surface area contributed by atoms with Crippen molar-refractivity contribution >= 4 is 0 Å². The summed E-state index contributed by atoms with van der Waals surface area (Å²) in [5, 5.41) is 0. The Balaban J connectivity index is 1.16. The SMILES string of the molecule is c1ccc(-c2nc(-c3cccc(C4c5ccccc5-c5ccccc54)c3)nc(-c3cccc(C(c4ccccc4)(c4ccccc4)c4ccccc4)c3)n2)cc1. The summed E-state index contributed by atoms with van der Waals surface area (Å²) in [6, 6.07) is 77.6. The van der Waals surface area contributed by atoms with Gasteiger partial charge in [-0.15, -0.1) is 0 Å². The van der Waals surface area contributed by atoms with E-state index in [1.165, 1.54) is 44.5 Å². The molecule has 3 heteroatoms. The molecule has 0 N–H and O–H groups in total. The van der Waals surface area contributed by atoms with E-state index < -0.39 is 5.41 Å². The van der Waals surface area contributed by atoms with Gasteiger partial charge in [0.2, 0.25) is 0 Å². The van der Waals surface area contributed by atoms with E-state index in [2.05, 4.69) is 200 Å². The molecule has 0 radical (unpaired) electrons. The van der Waals surface area contributed by atoms with Gasteiger partial charge >= 0.3 is 0 Å². The number of aromatic nitrogens is 3. The van der Waals surface area contributed by atoms with Crippen LogP contribution >= 0.6 is 0 Å². The highest BCUT2D eigenvalue weighted by Gasteiger charge is 2.38. The van der Waals surface area contributed by atoms with Crippen molar-refractivity contribution in [3.05, 3.63) is 257 Å². The highest BCUT2D eigenvalue weighted by atomic mass is 15.0. The first-order chi connectivity index (χ1) is 27.8. The lowest BCUT2D eigenvalue weighted by atomic mass is 9.65. The van der Waals surface area contributed by atoms with Gasteiger partial charge in [0.25, 0.3) is 0 Å². The second kappa shape index (κ2) is 14.2. The smallest absolute Gasteiger partial charge is 0.164 e. The van der Waals surface area contributed by atoms with E-state index in [0.717, 1.165) is 22.3 Å². The second-order valence-electron chi connectivity index (χ2n) is 14.3. The minimum absolute atomic E-state index is 0.121. The molecule has 0 atom stereocenters. The Kier molecular flexibility index (Phi) is 8.46. The van der Waals surface area contributed by atoms with Crippen LogP contribution in [-0.4, -0.2) is 15.0 Å². The summed E-state index contributed by atoms with van der Waals surface area (Å²) in [6.07, 6.45) is 0. The quantitative estimate of drug-likeness (QED) is 0.147. The molecule has 1 aliphatic carbocycles. The molecule has 264 valence electrons. The molecule has 8 aromatic carbocycles. The molecule has 3 nitrogen and oxygen atoms in total. The summed E-state index contributed by atoms with van der Waals surface area (Å²) in [5.74, 6) is 2.02. The van der Waals surface area contributed by atoms with Crippen molar-refractivity contribution < 1.29 is 0 Å². The van der Waals surface area contributed by atoms with Crippen molar-refractivity contribution in [2.75, 3.05) is 0 Å². The summed E-state index contributed by atoms with van der Waals surface area (Å²) in [5.41, 5.74) is 13.3. The average molecular weight is 716 g/mol. The third-order valence-electron chi connectivity index (χ3n) is 11.2. The van der Waals surface area contributed by atoms with Crippen molar-refractivity contribution in [3.63, 3.8) is 0 Å². The van der Waals surface area contributed by atoms with E-state index in [1.54, 1.807) is 0 Å². The minimum Gasteiger partial charge on any atom is -0.208 e. The van der Waals surface area contributed by atoms with Crippen molar-refractivity contribution in [1.29, 1.82) is 0 Å². The van der Waals surface area contributed by atoms with Crippen LogP contribution in [0.3, 0.4) is 0 Å². The average Bonchev–Trinajstić information content (AvgIpc) is 3.63. The zero-order valence-corrected chi connectivity index (χ0v) is 30.7. The molecule has 9 aromatic rings. The number of hydrogen-bond donors (Lipinski definition) is 0. The normalized spacial score (nSPS) is 12.2. The molecule has 0 unspecified atom stereocenters. The number of rotatable bonds is 8. The maximum atomic E-state index is 5.27. The van der Waals surface area contributed by atoms with Crippen LogP contribution in [0.1, 0.15) is 44.9 Å². The lowest BCUT2D eigenvalue weighted by Crippen LogP contribution is -2.31. The number of benzene rings is 8. The van der Waals surface area contributed by atoms with Crippen LogP contribution in [0.4, 0.5) is 0 Å². The highest BCUT2D eigenvalue weighted by Crippen LogP contribution is 2.49. The van der Waals surface area contributed by atoms with Gasteiger partial charge in [0, 0.05) is 22.6 Å². The van der Waals surface area contributed by atoms with Crippen molar-refractivity contribution in [3.8, 4) is 45.3 Å². The molecule has 0 spiro atoms. The van der Waals surface area contributed by atoms with E-state index in [9.17, 15) is 0 Å². The number of hydrogen-bond acceptors (Lipinski definition) is 3. The summed E-state index contributed by atoms with van der Waals surface area (Å²) in [4.78, 5) is 15.6. The standard InChI is InChI=1S/C53H37N3/c1-5-19-37(20-6-1)50-54-51(39-22-17-21-38(35-39)49-47-33-15-13-31-45(47)46-32-14-16-34-48(46)49)56-52(55-50)40-23-18-30-44(36-40)53(41-24-7-2-8-25-41,42-26-9-3-10-27-42)43-28-11-4-12-29-43/h1-36,49H. The van der Waals surface area contributed by atoms with Gasteiger partial charge in [-0.1, -0.05) is 206 Å². The Hall–Kier alpha value is -7.23. The van der Waals surface area contributed by atoms with Crippen LogP contribution in [0.2, 0.25) is 0 Å². The lowest BCUT2D eigenvalue weighted by Gasteiger charge is -2.37. The monoisotopic (exact) mass is 715 g/mol. The molecule has 0 amide bonds. The van der Waals surface area contributed by atoms with E-state index in [0.29, 0.717) is 17.5 Å². The maximum absolute atomic E-state index is 5.27. The zero-order valence-electron chi connectivity index (χ0n) is 30.7. The van der Waals surface area contributed by atoms with Gasteiger partial charge in [-0.2, -0.15) is 0 Å². The van der Waals surface area contributed by atoms with E-state index in [1.807, 2.05) is 18.2 Å². The third-order valence-corrected chi connectivity index (χ3v) is 11.2. The highest BCUT2D eigenvalue weighted by molar-refractivity contribution is 5.81. The Labute approximate surface area is 327 Å². The predicted octanol–water partition coefficient (Wildman–Crippen LogP) is 12.4. The van der Waals surface area contributed by atoms with Gasteiger partial charge in [0.15, 0.2) is 17.5 Å². The summed E-state index contributed by atoms with van der Waals surface area (Å²) < 4.78 is 0. The molecule has 1 aromatic heterocycles. The van der Waals surface area contributed by atoms with Gasteiger partial charge in [-0.05, 0) is 62.2 Å². The zero-order chi connectivity index (χ0) is 37.3. The van der Waals surface area contributed by atoms with Gasteiger partial charge in [0.1, 0.15) is 0 Å². The van der Waals surface area contributed by atoms with Crippen LogP contribution < -0.4 is 0 Å². The Morgan fingerprint density at radius 2 is 0.679 bits per heavy atom. The summed E-state index contributed by atoms with van der Waals surface area (Å²) >= 11 is 0. The topological polar surface area (TPSA) is 38.7 Å². The number of nitrogens with zero attached hydrogens (tertiary/aromatic N) is 3. The van der Waals surface area contributed by atoms with Crippen LogP contribution in [0, 0.1) is 0 Å². The number of fused-ring (bicyclic) bond motifs is 3. The predicted molar refractivity (Wildman–Crippen MR) is 227 cm³/mol. The fraction of sp³-hybridized carbons (Fsp3) is 0.0377. The first-order valence-corrected chi connectivity index (χ1v) is 19.1. The van der Waals surface area contributed by atoms with Gasteiger partial charge in [-0.3, -0.25) is 0 Å². The fourth-order valence-electron chi connectivity index (χ4n) is 8.68. The van der Waals surface area contributed by atoms with Crippen LogP contribution in [0.25, 0.3) is 45.3 Å². The Morgan fingerprint density at radius 3 is 1.20 bits per heavy atom. The van der Waals surface area contributed by atoms with Gasteiger partial charge < -0.3 is 0 Å². The van der Waals surface area contributed by atoms with Gasteiger partial charge in [-0.25, -0.2) is 15.0 Å². The van der Waals surface area contributed by atoms with Crippen LogP contribution in [0.15, 0.2) is 218 Å².